The summed E-state index contributed by atoms with van der Waals surface area (Å²) in [6, 6.07) is 0. The van der Waals surface area contributed by atoms with Crippen LogP contribution in [0.2, 0.25) is 0 Å². The molecule has 0 aromatic carbocycles. The first kappa shape index (κ1) is 11.7. The van der Waals surface area contributed by atoms with Crippen LogP contribution in [-0.2, 0) is 9.53 Å². The Labute approximate surface area is 79.6 Å². The topological polar surface area (TPSA) is 26.3 Å². The number of ether oxygens (including phenoxy) is 1. The first-order valence-electron chi connectivity index (χ1n) is 4.20. The Morgan fingerprint density at radius 1 is 1.54 bits per heavy atom. The molecule has 0 radical (unpaired) electrons. The van der Waals surface area contributed by atoms with Gasteiger partial charge in [-0.1, -0.05) is 30.9 Å². The fraction of sp³-hybridized carbons (Fsp3) is 0.364. The van der Waals surface area contributed by atoms with Crippen molar-refractivity contribution in [2.24, 2.45) is 5.92 Å². The Morgan fingerprint density at radius 3 is 2.54 bits per heavy atom. The van der Waals surface area contributed by atoms with Crippen LogP contribution in [0.25, 0.3) is 0 Å². The van der Waals surface area contributed by atoms with Gasteiger partial charge in [-0.2, -0.15) is 0 Å². The van der Waals surface area contributed by atoms with Crippen molar-refractivity contribution in [3.05, 3.63) is 36.5 Å². The van der Waals surface area contributed by atoms with E-state index in [4.69, 9.17) is 0 Å². The van der Waals surface area contributed by atoms with Gasteiger partial charge in [-0.3, -0.25) is 4.79 Å². The Hall–Kier alpha value is -1.31. The smallest absolute Gasteiger partial charge is 0.312 e. The summed E-state index contributed by atoms with van der Waals surface area (Å²) in [5.41, 5.74) is 0.937. The molecule has 0 saturated heterocycles. The zero-order chi connectivity index (χ0) is 10.3. The SMILES string of the molecule is C=C/C=C\C(=C/C)C(C)C(=O)OC. The van der Waals surface area contributed by atoms with Crippen LogP contribution < -0.4 is 0 Å². The quantitative estimate of drug-likeness (QED) is 0.490. The first-order valence-corrected chi connectivity index (χ1v) is 4.20. The highest BCUT2D eigenvalue weighted by Gasteiger charge is 2.14. The van der Waals surface area contributed by atoms with Crippen molar-refractivity contribution >= 4 is 5.97 Å². The summed E-state index contributed by atoms with van der Waals surface area (Å²) in [6.07, 6.45) is 7.22. The standard InChI is InChI=1S/C11H16O2/c1-5-7-8-10(6-2)9(3)11(12)13-4/h5-9H,1H2,2-4H3/b8-7-,10-6+. The van der Waals surface area contributed by atoms with E-state index < -0.39 is 0 Å². The average molecular weight is 180 g/mol. The molecule has 0 aromatic heterocycles. The lowest BCUT2D eigenvalue weighted by molar-refractivity contribution is -0.143. The molecule has 0 rings (SSSR count). The van der Waals surface area contributed by atoms with Crippen molar-refractivity contribution in [1.29, 1.82) is 0 Å². The van der Waals surface area contributed by atoms with Gasteiger partial charge in [0, 0.05) is 0 Å². The van der Waals surface area contributed by atoms with E-state index in [1.54, 1.807) is 12.2 Å². The van der Waals surface area contributed by atoms with Crippen LogP contribution in [0.4, 0.5) is 0 Å². The molecule has 13 heavy (non-hydrogen) atoms. The third-order valence-corrected chi connectivity index (χ3v) is 1.81. The summed E-state index contributed by atoms with van der Waals surface area (Å²) >= 11 is 0. The van der Waals surface area contributed by atoms with Crippen LogP contribution in [0, 0.1) is 5.92 Å². The molecule has 1 atom stereocenters. The van der Waals surface area contributed by atoms with Gasteiger partial charge in [0.1, 0.15) is 0 Å². The molecule has 0 aliphatic carbocycles. The highest BCUT2D eigenvalue weighted by atomic mass is 16.5. The number of allylic oxidation sites excluding steroid dienone is 4. The van der Waals surface area contributed by atoms with Gasteiger partial charge in [-0.25, -0.2) is 0 Å². The molecule has 1 unspecified atom stereocenters. The van der Waals surface area contributed by atoms with E-state index in [1.807, 2.05) is 26.0 Å². The molecule has 0 amide bonds. The van der Waals surface area contributed by atoms with Gasteiger partial charge in [0.2, 0.25) is 0 Å². The number of methoxy groups -OCH3 is 1. The Bertz CT molecular complexity index is 236. The third-order valence-electron chi connectivity index (χ3n) is 1.81. The van der Waals surface area contributed by atoms with Crippen LogP contribution in [-0.4, -0.2) is 13.1 Å². The molecule has 0 aromatic rings. The fourth-order valence-electron chi connectivity index (χ4n) is 0.983. The number of carbonyl (C=O) groups is 1. The summed E-state index contributed by atoms with van der Waals surface area (Å²) in [4.78, 5) is 11.2. The van der Waals surface area contributed by atoms with Gasteiger partial charge in [0.25, 0.3) is 0 Å². The zero-order valence-corrected chi connectivity index (χ0v) is 8.41. The van der Waals surface area contributed by atoms with Crippen LogP contribution in [0.15, 0.2) is 36.5 Å². The van der Waals surface area contributed by atoms with Crippen molar-refractivity contribution in [3.63, 3.8) is 0 Å². The van der Waals surface area contributed by atoms with Crippen LogP contribution in [0.5, 0.6) is 0 Å². The summed E-state index contributed by atoms with van der Waals surface area (Å²) in [5, 5.41) is 0. The van der Waals surface area contributed by atoms with Crippen molar-refractivity contribution in [2.45, 2.75) is 13.8 Å². The molecule has 0 fully saturated rings. The average Bonchev–Trinajstić information content (AvgIpc) is 2.17. The van der Waals surface area contributed by atoms with Crippen LogP contribution >= 0.6 is 0 Å². The molecule has 72 valence electrons. The maximum Gasteiger partial charge on any atom is 0.312 e. The molecule has 0 saturated carbocycles. The van der Waals surface area contributed by atoms with Gasteiger partial charge >= 0.3 is 5.97 Å². The molecule has 0 N–H and O–H groups in total. The molecule has 0 spiro atoms. The van der Waals surface area contributed by atoms with Crippen molar-refractivity contribution in [2.75, 3.05) is 7.11 Å². The van der Waals surface area contributed by atoms with E-state index in [1.165, 1.54) is 7.11 Å². The lowest BCUT2D eigenvalue weighted by Gasteiger charge is -2.09. The maximum atomic E-state index is 11.2. The second-order valence-corrected chi connectivity index (χ2v) is 2.63. The minimum atomic E-state index is -0.221. The summed E-state index contributed by atoms with van der Waals surface area (Å²) in [6.45, 7) is 7.27. The van der Waals surface area contributed by atoms with E-state index in [0.29, 0.717) is 0 Å². The molecule has 0 heterocycles. The lowest BCUT2D eigenvalue weighted by Crippen LogP contribution is -2.13. The van der Waals surface area contributed by atoms with Gasteiger partial charge in [0.05, 0.1) is 13.0 Å². The predicted molar refractivity (Wildman–Crippen MR) is 54.3 cm³/mol. The number of hydrogen-bond donors (Lipinski definition) is 0. The molecule has 0 aliphatic rings. The first-order chi connectivity index (χ1) is 6.17. The highest BCUT2D eigenvalue weighted by Crippen LogP contribution is 2.13. The molecular formula is C11H16O2. The van der Waals surface area contributed by atoms with Crippen molar-refractivity contribution in [3.8, 4) is 0 Å². The molecule has 2 nitrogen and oxygen atoms in total. The Kier molecular flexibility index (Phi) is 5.60. The van der Waals surface area contributed by atoms with E-state index in [-0.39, 0.29) is 11.9 Å². The second-order valence-electron chi connectivity index (χ2n) is 2.63. The number of carbonyl (C=O) groups excluding carboxylic acids is 1. The molecule has 0 aliphatic heterocycles. The van der Waals surface area contributed by atoms with Gasteiger partial charge in [0.15, 0.2) is 0 Å². The highest BCUT2D eigenvalue weighted by molar-refractivity contribution is 5.76. The predicted octanol–water partition coefficient (Wildman–Crippen LogP) is 2.48. The monoisotopic (exact) mass is 180 g/mol. The van der Waals surface area contributed by atoms with Crippen LogP contribution in [0.3, 0.4) is 0 Å². The van der Waals surface area contributed by atoms with Gasteiger partial charge in [-0.15, -0.1) is 0 Å². The normalized spacial score (nSPS) is 14.2. The Morgan fingerprint density at radius 2 is 2.15 bits per heavy atom. The number of esters is 1. The fourth-order valence-corrected chi connectivity index (χ4v) is 0.983. The minimum Gasteiger partial charge on any atom is -0.469 e. The minimum absolute atomic E-state index is 0.216. The number of rotatable bonds is 4. The summed E-state index contributed by atoms with van der Waals surface area (Å²) in [5.74, 6) is -0.437. The Balaban J connectivity index is 4.50. The van der Waals surface area contributed by atoms with E-state index in [2.05, 4.69) is 11.3 Å². The van der Waals surface area contributed by atoms with E-state index >= 15 is 0 Å². The molecule has 2 heteroatoms. The molecule has 0 bridgehead atoms. The van der Waals surface area contributed by atoms with Gasteiger partial charge < -0.3 is 4.74 Å². The second kappa shape index (κ2) is 6.23. The van der Waals surface area contributed by atoms with Crippen molar-refractivity contribution < 1.29 is 9.53 Å². The maximum absolute atomic E-state index is 11.2. The van der Waals surface area contributed by atoms with Gasteiger partial charge in [-0.05, 0) is 19.4 Å². The van der Waals surface area contributed by atoms with Crippen LogP contribution in [0.1, 0.15) is 13.8 Å². The van der Waals surface area contributed by atoms with E-state index in [0.717, 1.165) is 5.57 Å². The lowest BCUT2D eigenvalue weighted by atomic mass is 10.0. The van der Waals surface area contributed by atoms with E-state index in [9.17, 15) is 4.79 Å². The third kappa shape index (κ3) is 3.74. The largest absolute Gasteiger partial charge is 0.469 e. The number of hydrogen-bond acceptors (Lipinski definition) is 2. The zero-order valence-electron chi connectivity index (χ0n) is 8.41. The molecular weight excluding hydrogens is 164 g/mol. The summed E-state index contributed by atoms with van der Waals surface area (Å²) in [7, 11) is 1.39. The summed E-state index contributed by atoms with van der Waals surface area (Å²) < 4.78 is 4.64. The van der Waals surface area contributed by atoms with Crippen molar-refractivity contribution in [1.82, 2.24) is 0 Å².